The Hall–Kier alpha value is -1.39. The van der Waals surface area contributed by atoms with Crippen LogP contribution in [0.5, 0.6) is 0 Å². The molecule has 21 heavy (non-hydrogen) atoms. The lowest BCUT2D eigenvalue weighted by Crippen LogP contribution is -2.34. The van der Waals surface area contributed by atoms with E-state index >= 15 is 0 Å². The number of nitrogens with zero attached hydrogens (tertiary/aromatic N) is 2. The maximum atomic E-state index is 10.6. The first-order chi connectivity index (χ1) is 9.89. The SMILES string of the molecule is CC(C)CNCCC(C)(O)Cc1nc2ccccc2n1C. The zero-order chi connectivity index (χ0) is 15.5. The third kappa shape index (κ3) is 4.29. The van der Waals surface area contributed by atoms with Gasteiger partial charge in [-0.2, -0.15) is 0 Å². The van der Waals surface area contributed by atoms with Gasteiger partial charge in [0.05, 0.1) is 16.6 Å². The number of benzene rings is 1. The Kier molecular flexibility index (Phi) is 5.01. The molecular weight excluding hydrogens is 262 g/mol. The molecule has 0 saturated carbocycles. The van der Waals surface area contributed by atoms with Crippen molar-refractivity contribution < 1.29 is 5.11 Å². The summed E-state index contributed by atoms with van der Waals surface area (Å²) >= 11 is 0. The van der Waals surface area contributed by atoms with Crippen LogP contribution in [-0.4, -0.2) is 33.3 Å². The Labute approximate surface area is 127 Å². The monoisotopic (exact) mass is 289 g/mol. The first-order valence-corrected chi connectivity index (χ1v) is 7.72. The number of aromatic nitrogens is 2. The lowest BCUT2D eigenvalue weighted by Gasteiger charge is -2.23. The molecule has 0 saturated heterocycles. The Balaban J connectivity index is 1.99. The van der Waals surface area contributed by atoms with E-state index in [0.717, 1.165) is 36.4 Å². The lowest BCUT2D eigenvalue weighted by atomic mass is 9.97. The number of para-hydroxylation sites is 2. The number of imidazole rings is 1. The van der Waals surface area contributed by atoms with E-state index in [1.54, 1.807) is 0 Å². The van der Waals surface area contributed by atoms with E-state index in [0.29, 0.717) is 12.3 Å². The number of aryl methyl sites for hydroxylation is 1. The van der Waals surface area contributed by atoms with Crippen LogP contribution in [0.25, 0.3) is 11.0 Å². The van der Waals surface area contributed by atoms with Crippen molar-refractivity contribution in [3.05, 3.63) is 30.1 Å². The summed E-state index contributed by atoms with van der Waals surface area (Å²) in [5.41, 5.74) is 1.36. The molecule has 0 aliphatic rings. The van der Waals surface area contributed by atoms with E-state index in [4.69, 9.17) is 0 Å². The average Bonchev–Trinajstić information content (AvgIpc) is 2.71. The largest absolute Gasteiger partial charge is 0.390 e. The smallest absolute Gasteiger partial charge is 0.112 e. The molecule has 0 aliphatic carbocycles. The summed E-state index contributed by atoms with van der Waals surface area (Å²) in [5, 5.41) is 14.0. The van der Waals surface area contributed by atoms with Crippen LogP contribution < -0.4 is 5.32 Å². The van der Waals surface area contributed by atoms with Gasteiger partial charge in [-0.1, -0.05) is 26.0 Å². The Morgan fingerprint density at radius 1 is 1.33 bits per heavy atom. The van der Waals surface area contributed by atoms with Crippen molar-refractivity contribution in [2.24, 2.45) is 13.0 Å². The van der Waals surface area contributed by atoms with E-state index < -0.39 is 5.60 Å². The van der Waals surface area contributed by atoms with E-state index in [1.165, 1.54) is 0 Å². The van der Waals surface area contributed by atoms with Gasteiger partial charge in [-0.25, -0.2) is 4.98 Å². The molecule has 0 spiro atoms. The number of nitrogens with one attached hydrogen (secondary N) is 1. The normalized spacial score (nSPS) is 14.8. The van der Waals surface area contributed by atoms with E-state index in [2.05, 4.69) is 34.8 Å². The Morgan fingerprint density at radius 3 is 2.71 bits per heavy atom. The molecule has 2 N–H and O–H groups in total. The number of hydrogen-bond acceptors (Lipinski definition) is 3. The van der Waals surface area contributed by atoms with Crippen LogP contribution in [0.15, 0.2) is 24.3 Å². The number of fused-ring (bicyclic) bond motifs is 1. The average molecular weight is 289 g/mol. The summed E-state index contributed by atoms with van der Waals surface area (Å²) in [6, 6.07) is 8.08. The van der Waals surface area contributed by atoms with Gasteiger partial charge in [-0.3, -0.25) is 0 Å². The fourth-order valence-electron chi connectivity index (χ4n) is 2.53. The molecule has 1 atom stereocenters. The van der Waals surface area contributed by atoms with E-state index in [1.807, 2.05) is 32.2 Å². The van der Waals surface area contributed by atoms with Crippen LogP contribution in [0, 0.1) is 5.92 Å². The molecule has 4 nitrogen and oxygen atoms in total. The first kappa shape index (κ1) is 16.0. The highest BCUT2D eigenvalue weighted by Crippen LogP contribution is 2.20. The molecule has 0 fully saturated rings. The summed E-state index contributed by atoms with van der Waals surface area (Å²) in [4.78, 5) is 4.64. The molecule has 0 bridgehead atoms. The van der Waals surface area contributed by atoms with Gasteiger partial charge in [0.15, 0.2) is 0 Å². The molecule has 2 aromatic rings. The summed E-state index contributed by atoms with van der Waals surface area (Å²) in [6.07, 6.45) is 1.30. The standard InChI is InChI=1S/C17H27N3O/c1-13(2)12-18-10-9-17(3,21)11-16-19-14-7-5-6-8-15(14)20(16)4/h5-8,13,18,21H,9-12H2,1-4H3. The van der Waals surface area contributed by atoms with Gasteiger partial charge in [-0.15, -0.1) is 0 Å². The predicted octanol–water partition coefficient (Wildman–Crippen LogP) is 2.50. The zero-order valence-electron chi connectivity index (χ0n) is 13.6. The molecule has 0 amide bonds. The summed E-state index contributed by atoms with van der Waals surface area (Å²) in [6.45, 7) is 8.08. The molecule has 4 heteroatoms. The summed E-state index contributed by atoms with van der Waals surface area (Å²) in [7, 11) is 2.01. The Morgan fingerprint density at radius 2 is 2.05 bits per heavy atom. The zero-order valence-corrected chi connectivity index (χ0v) is 13.6. The molecule has 1 heterocycles. The second-order valence-electron chi connectivity index (χ2n) is 6.60. The van der Waals surface area contributed by atoms with Gasteiger partial charge >= 0.3 is 0 Å². The van der Waals surface area contributed by atoms with Gasteiger partial charge in [0.2, 0.25) is 0 Å². The van der Waals surface area contributed by atoms with Crippen LogP contribution in [0.3, 0.4) is 0 Å². The van der Waals surface area contributed by atoms with Crippen LogP contribution in [-0.2, 0) is 13.5 Å². The van der Waals surface area contributed by atoms with E-state index in [9.17, 15) is 5.11 Å². The van der Waals surface area contributed by atoms with Gasteiger partial charge in [0.25, 0.3) is 0 Å². The summed E-state index contributed by atoms with van der Waals surface area (Å²) < 4.78 is 2.07. The minimum Gasteiger partial charge on any atom is -0.390 e. The van der Waals surface area contributed by atoms with Crippen LogP contribution in [0.1, 0.15) is 33.0 Å². The molecule has 0 radical (unpaired) electrons. The maximum Gasteiger partial charge on any atom is 0.112 e. The van der Waals surface area contributed by atoms with Crippen molar-refractivity contribution in [1.82, 2.24) is 14.9 Å². The molecule has 1 aromatic carbocycles. The predicted molar refractivity (Wildman–Crippen MR) is 87.4 cm³/mol. The number of hydrogen-bond donors (Lipinski definition) is 2. The lowest BCUT2D eigenvalue weighted by molar-refractivity contribution is 0.0488. The molecule has 2 rings (SSSR count). The van der Waals surface area contributed by atoms with Crippen molar-refractivity contribution in [3.8, 4) is 0 Å². The van der Waals surface area contributed by atoms with Crippen molar-refractivity contribution >= 4 is 11.0 Å². The van der Waals surface area contributed by atoms with Gasteiger partial charge < -0.3 is 15.0 Å². The minimum absolute atomic E-state index is 0.571. The summed E-state index contributed by atoms with van der Waals surface area (Å²) in [5.74, 6) is 1.57. The molecule has 1 aromatic heterocycles. The first-order valence-electron chi connectivity index (χ1n) is 7.72. The topological polar surface area (TPSA) is 50.1 Å². The van der Waals surface area contributed by atoms with Crippen LogP contribution in [0.2, 0.25) is 0 Å². The second kappa shape index (κ2) is 6.58. The molecular formula is C17H27N3O. The minimum atomic E-state index is -0.737. The van der Waals surface area contributed by atoms with Crippen molar-refractivity contribution in [2.45, 2.75) is 39.2 Å². The highest BCUT2D eigenvalue weighted by atomic mass is 16.3. The third-order valence-corrected chi connectivity index (χ3v) is 3.81. The highest BCUT2D eigenvalue weighted by Gasteiger charge is 2.23. The van der Waals surface area contributed by atoms with Gasteiger partial charge in [0, 0.05) is 13.5 Å². The maximum absolute atomic E-state index is 10.6. The van der Waals surface area contributed by atoms with Gasteiger partial charge in [-0.05, 0) is 44.5 Å². The fraction of sp³-hybridized carbons (Fsp3) is 0.588. The number of aliphatic hydroxyl groups is 1. The van der Waals surface area contributed by atoms with Crippen LogP contribution >= 0.6 is 0 Å². The second-order valence-corrected chi connectivity index (χ2v) is 6.60. The van der Waals surface area contributed by atoms with E-state index in [-0.39, 0.29) is 0 Å². The van der Waals surface area contributed by atoms with Crippen molar-refractivity contribution in [1.29, 1.82) is 0 Å². The molecule has 0 aliphatic heterocycles. The Bertz CT molecular complexity index is 587. The third-order valence-electron chi connectivity index (χ3n) is 3.81. The van der Waals surface area contributed by atoms with Crippen molar-refractivity contribution in [2.75, 3.05) is 13.1 Å². The quantitative estimate of drug-likeness (QED) is 0.770. The molecule has 1 unspecified atom stereocenters. The van der Waals surface area contributed by atoms with Crippen LogP contribution in [0.4, 0.5) is 0 Å². The number of rotatable bonds is 7. The van der Waals surface area contributed by atoms with Crippen molar-refractivity contribution in [3.63, 3.8) is 0 Å². The highest BCUT2D eigenvalue weighted by molar-refractivity contribution is 5.75. The molecule has 116 valence electrons. The van der Waals surface area contributed by atoms with Gasteiger partial charge in [0.1, 0.15) is 5.82 Å². The fourth-order valence-corrected chi connectivity index (χ4v) is 2.53.